The number of benzene rings is 1. The molecule has 0 radical (unpaired) electrons. The molecule has 11 nitrogen and oxygen atoms in total. The number of H-pyrrole nitrogens is 2. The second-order valence-corrected chi connectivity index (χ2v) is 8.95. The molecular formula is C26H31F2N9O2. The molecule has 1 aliphatic heterocycles. The SMILES string of the molecule is C=N/C(=C\C(=N/COc1cc(F)c2[nH]c(C)cc2c1F)N1CCN(CC(N)=O)CC1)Nc1cc(/C=C/C)[nH]n1. The Morgan fingerprint density at radius 3 is 2.74 bits per heavy atom. The minimum atomic E-state index is -0.673. The summed E-state index contributed by atoms with van der Waals surface area (Å²) in [5.41, 5.74) is 6.85. The van der Waals surface area contributed by atoms with Gasteiger partial charge in [0.15, 0.2) is 29.9 Å². The summed E-state index contributed by atoms with van der Waals surface area (Å²) in [5, 5.41) is 10.3. The fourth-order valence-corrected chi connectivity index (χ4v) is 4.24. The molecule has 1 aliphatic rings. The number of carbonyl (C=O) groups is 1. The van der Waals surface area contributed by atoms with Crippen molar-refractivity contribution in [3.8, 4) is 5.75 Å². The second kappa shape index (κ2) is 12.3. The van der Waals surface area contributed by atoms with Crippen LogP contribution in [0.3, 0.4) is 0 Å². The molecule has 1 saturated heterocycles. The summed E-state index contributed by atoms with van der Waals surface area (Å²) in [5.74, 6) is -0.563. The Morgan fingerprint density at radius 2 is 2.05 bits per heavy atom. The predicted molar refractivity (Wildman–Crippen MR) is 148 cm³/mol. The van der Waals surface area contributed by atoms with Gasteiger partial charge in [0.25, 0.3) is 0 Å². The van der Waals surface area contributed by atoms with Crippen molar-refractivity contribution < 1.29 is 18.3 Å². The number of hydrogen-bond donors (Lipinski definition) is 4. The first-order valence-corrected chi connectivity index (χ1v) is 12.3. The molecule has 3 aromatic rings. The highest BCUT2D eigenvalue weighted by atomic mass is 19.1. The number of ether oxygens (including phenoxy) is 1. The van der Waals surface area contributed by atoms with Crippen LogP contribution in [0.4, 0.5) is 14.6 Å². The zero-order valence-corrected chi connectivity index (χ0v) is 21.8. The van der Waals surface area contributed by atoms with Gasteiger partial charge in [-0.05, 0) is 32.7 Å². The first-order valence-electron chi connectivity index (χ1n) is 12.3. The lowest BCUT2D eigenvalue weighted by Gasteiger charge is -2.35. The summed E-state index contributed by atoms with van der Waals surface area (Å²) in [6.07, 6.45) is 5.42. The van der Waals surface area contributed by atoms with Gasteiger partial charge in [0.2, 0.25) is 5.91 Å². The normalized spacial score (nSPS) is 15.3. The Morgan fingerprint density at radius 1 is 1.28 bits per heavy atom. The minimum Gasteiger partial charge on any atom is -0.468 e. The smallest absolute Gasteiger partial charge is 0.231 e. The first kappa shape index (κ1) is 27.5. The van der Waals surface area contributed by atoms with Gasteiger partial charge in [0.1, 0.15) is 11.7 Å². The van der Waals surface area contributed by atoms with Crippen molar-refractivity contribution in [1.29, 1.82) is 0 Å². The number of carbonyl (C=O) groups excluding carboxylic acids is 1. The number of piperazine rings is 1. The molecule has 0 bridgehead atoms. The number of anilines is 1. The molecule has 5 N–H and O–H groups in total. The second-order valence-electron chi connectivity index (χ2n) is 8.95. The lowest BCUT2D eigenvalue weighted by atomic mass is 10.2. The molecule has 206 valence electrons. The van der Waals surface area contributed by atoms with Gasteiger partial charge < -0.3 is 25.7 Å². The third kappa shape index (κ3) is 6.87. The molecule has 0 spiro atoms. The number of amidine groups is 1. The Kier molecular flexibility index (Phi) is 8.71. The van der Waals surface area contributed by atoms with Crippen LogP contribution in [0, 0.1) is 18.6 Å². The van der Waals surface area contributed by atoms with Gasteiger partial charge in [-0.1, -0.05) is 6.08 Å². The number of primary amides is 1. The van der Waals surface area contributed by atoms with Crippen molar-refractivity contribution in [2.75, 3.05) is 44.8 Å². The van der Waals surface area contributed by atoms with Crippen LogP contribution in [0.5, 0.6) is 5.75 Å². The predicted octanol–water partition coefficient (Wildman–Crippen LogP) is 3.00. The van der Waals surface area contributed by atoms with E-state index in [1.54, 1.807) is 19.1 Å². The third-order valence-electron chi connectivity index (χ3n) is 6.06. The van der Waals surface area contributed by atoms with E-state index in [4.69, 9.17) is 10.5 Å². The number of aromatic amines is 2. The third-order valence-corrected chi connectivity index (χ3v) is 6.06. The number of aliphatic imine (C=N–C) groups is 2. The van der Waals surface area contributed by atoms with E-state index in [9.17, 15) is 13.6 Å². The van der Waals surface area contributed by atoms with E-state index < -0.39 is 17.5 Å². The average molecular weight is 540 g/mol. The molecule has 13 heteroatoms. The number of fused-ring (bicyclic) bond motifs is 1. The van der Waals surface area contributed by atoms with Gasteiger partial charge in [0.05, 0.1) is 17.8 Å². The van der Waals surface area contributed by atoms with E-state index in [0.29, 0.717) is 49.3 Å². The lowest BCUT2D eigenvalue weighted by Crippen LogP contribution is -2.50. The Hall–Kier alpha value is -4.52. The number of hydrogen-bond acceptors (Lipinski definition) is 7. The number of allylic oxidation sites excluding steroid dienone is 1. The monoisotopic (exact) mass is 539 g/mol. The van der Waals surface area contributed by atoms with E-state index in [-0.39, 0.29) is 29.9 Å². The fourth-order valence-electron chi connectivity index (χ4n) is 4.24. The summed E-state index contributed by atoms with van der Waals surface area (Å²) < 4.78 is 35.0. The molecule has 3 heterocycles. The fraction of sp³-hybridized carbons (Fsp3) is 0.308. The van der Waals surface area contributed by atoms with Crippen LogP contribution in [0.25, 0.3) is 17.0 Å². The Labute approximate surface area is 224 Å². The molecule has 1 fully saturated rings. The summed E-state index contributed by atoms with van der Waals surface area (Å²) in [7, 11) is 0. The van der Waals surface area contributed by atoms with Crippen LogP contribution in [0.15, 0.2) is 46.2 Å². The number of nitrogens with one attached hydrogen (secondary N) is 3. The number of aryl methyl sites for hydroxylation is 1. The van der Waals surface area contributed by atoms with E-state index in [2.05, 4.69) is 37.2 Å². The number of amides is 1. The van der Waals surface area contributed by atoms with Gasteiger partial charge >= 0.3 is 0 Å². The maximum Gasteiger partial charge on any atom is 0.231 e. The number of rotatable bonds is 10. The van der Waals surface area contributed by atoms with Crippen LogP contribution >= 0.6 is 0 Å². The highest BCUT2D eigenvalue weighted by Gasteiger charge is 2.21. The molecule has 2 aromatic heterocycles. The standard InChI is InChI=1S/C26H31F2N9O2/c1-4-5-17-11-23(35-34-17)33-22(30-3)13-24(37-8-6-36(7-9-37)14-21(29)38)31-15-39-20-12-19(27)26-18(25(20)28)10-16(2)32-26/h4-5,10-13,32H,3,6-9,14-15H2,1-2H3,(H2,29,38)(H2,33,34,35)/b5-4+,22-13+,31-24+. The molecule has 0 unspecified atom stereocenters. The Bertz CT molecular complexity index is 1430. The highest BCUT2D eigenvalue weighted by Crippen LogP contribution is 2.29. The summed E-state index contributed by atoms with van der Waals surface area (Å²) in [6, 6.07) is 4.32. The summed E-state index contributed by atoms with van der Waals surface area (Å²) in [6.45, 7) is 9.37. The van der Waals surface area contributed by atoms with Crippen molar-refractivity contribution in [3.05, 3.63) is 59.2 Å². The summed E-state index contributed by atoms with van der Waals surface area (Å²) >= 11 is 0. The largest absolute Gasteiger partial charge is 0.468 e. The molecular weight excluding hydrogens is 508 g/mol. The lowest BCUT2D eigenvalue weighted by molar-refractivity contribution is -0.119. The molecule has 39 heavy (non-hydrogen) atoms. The highest BCUT2D eigenvalue weighted by molar-refractivity contribution is 5.94. The van der Waals surface area contributed by atoms with Crippen molar-refractivity contribution in [2.24, 2.45) is 15.7 Å². The zero-order valence-electron chi connectivity index (χ0n) is 21.8. The van der Waals surface area contributed by atoms with Gasteiger partial charge in [-0.25, -0.2) is 18.8 Å². The maximum atomic E-state index is 15.0. The van der Waals surface area contributed by atoms with Crippen LogP contribution in [0.1, 0.15) is 18.3 Å². The first-order chi connectivity index (χ1) is 18.8. The van der Waals surface area contributed by atoms with Crippen LogP contribution in [-0.2, 0) is 4.79 Å². The number of aromatic nitrogens is 3. The van der Waals surface area contributed by atoms with Crippen LogP contribution in [-0.4, -0.2) is 82.9 Å². The molecule has 0 saturated carbocycles. The molecule has 4 rings (SSSR count). The van der Waals surface area contributed by atoms with Gasteiger partial charge in [-0.3, -0.25) is 14.8 Å². The molecule has 0 aliphatic carbocycles. The average Bonchev–Trinajstić information content (AvgIpc) is 3.52. The maximum absolute atomic E-state index is 15.0. The van der Waals surface area contributed by atoms with Crippen molar-refractivity contribution in [1.82, 2.24) is 25.0 Å². The number of halogens is 2. The topological polar surface area (TPSA) is 140 Å². The van der Waals surface area contributed by atoms with E-state index >= 15 is 0 Å². The van der Waals surface area contributed by atoms with Gasteiger partial charge in [0, 0.05) is 55.5 Å². The summed E-state index contributed by atoms with van der Waals surface area (Å²) in [4.78, 5) is 26.6. The van der Waals surface area contributed by atoms with Gasteiger partial charge in [-0.2, -0.15) is 5.10 Å². The number of nitrogens with two attached hydrogens (primary N) is 1. The van der Waals surface area contributed by atoms with E-state index in [0.717, 1.165) is 11.8 Å². The minimum absolute atomic E-state index is 0.0852. The molecule has 0 atom stereocenters. The van der Waals surface area contributed by atoms with Crippen molar-refractivity contribution in [2.45, 2.75) is 13.8 Å². The van der Waals surface area contributed by atoms with E-state index in [1.807, 2.05) is 28.9 Å². The quantitative estimate of drug-likeness (QED) is 0.231. The van der Waals surface area contributed by atoms with Crippen LogP contribution < -0.4 is 15.8 Å². The zero-order chi connectivity index (χ0) is 27.9. The Balaban J connectivity index is 1.56. The van der Waals surface area contributed by atoms with Crippen molar-refractivity contribution >= 4 is 41.3 Å². The van der Waals surface area contributed by atoms with Crippen LogP contribution in [0.2, 0.25) is 0 Å². The number of nitrogens with zero attached hydrogens (tertiary/aromatic N) is 5. The van der Waals surface area contributed by atoms with Crippen molar-refractivity contribution in [3.63, 3.8) is 0 Å². The van der Waals surface area contributed by atoms with Gasteiger partial charge in [-0.15, -0.1) is 0 Å². The van der Waals surface area contributed by atoms with E-state index in [1.165, 1.54) is 6.07 Å². The molecule has 1 amide bonds. The molecule has 1 aromatic carbocycles.